The monoisotopic (exact) mass is 275 g/mol. The molecule has 0 radical (unpaired) electrons. The molecule has 1 aromatic carbocycles. The minimum atomic E-state index is -0.397. The van der Waals surface area contributed by atoms with E-state index in [2.05, 4.69) is 6.58 Å². The van der Waals surface area contributed by atoms with E-state index in [-0.39, 0.29) is 11.7 Å². The number of aromatic hydroxyl groups is 1. The van der Waals surface area contributed by atoms with Crippen LogP contribution in [-0.4, -0.2) is 35.7 Å². The average molecular weight is 275 g/mol. The van der Waals surface area contributed by atoms with Crippen LogP contribution in [-0.2, 0) is 16.0 Å². The third kappa shape index (κ3) is 4.46. The Hall–Kier alpha value is -2.23. The molecule has 0 fully saturated rings. The molecule has 1 atom stereocenters. The van der Waals surface area contributed by atoms with E-state index in [1.54, 1.807) is 36.4 Å². The number of hydrogen-bond acceptors (Lipinski definition) is 4. The molecule has 0 bridgehead atoms. The molecule has 1 rings (SSSR count). The van der Waals surface area contributed by atoms with Crippen molar-refractivity contribution in [3.63, 3.8) is 0 Å². The number of phenolic OH excluding ortho intramolecular Hbond substituents is 1. The van der Waals surface area contributed by atoms with Crippen molar-refractivity contribution < 1.29 is 14.6 Å². The fourth-order valence-electron chi connectivity index (χ4n) is 1.93. The van der Waals surface area contributed by atoms with Gasteiger partial charge in [0.25, 0.3) is 0 Å². The summed E-state index contributed by atoms with van der Waals surface area (Å²) >= 11 is 0. The summed E-state index contributed by atoms with van der Waals surface area (Å²) in [5.74, 6) is -0.0732. The molecular weight excluding hydrogens is 254 g/mol. The molecule has 0 aliphatic rings. The van der Waals surface area contributed by atoms with Gasteiger partial charge in [0.2, 0.25) is 0 Å². The lowest BCUT2D eigenvalue weighted by Crippen LogP contribution is -2.40. The summed E-state index contributed by atoms with van der Waals surface area (Å²) in [6.45, 7) is 6.28. The van der Waals surface area contributed by atoms with Gasteiger partial charge in [-0.1, -0.05) is 24.8 Å². The van der Waals surface area contributed by atoms with Crippen LogP contribution in [0.5, 0.6) is 5.75 Å². The maximum absolute atomic E-state index is 12.0. The Kier molecular flexibility index (Phi) is 6.37. The standard InChI is InChI=1S/C16H21NO3/c1-4-6-11-17(5-2)15(16(19)20-3)12-13-7-9-14(18)10-8-13/h4,6-11,15,18H,1,5,12H2,2-3H3/b11-6-. The number of nitrogens with zero attached hydrogens (tertiary/aromatic N) is 1. The minimum absolute atomic E-state index is 0.210. The molecule has 0 aromatic heterocycles. The van der Waals surface area contributed by atoms with Gasteiger partial charge in [-0.3, -0.25) is 0 Å². The second-order valence-corrected chi connectivity index (χ2v) is 4.32. The molecule has 20 heavy (non-hydrogen) atoms. The highest BCUT2D eigenvalue weighted by atomic mass is 16.5. The molecular formula is C16H21NO3. The van der Waals surface area contributed by atoms with Gasteiger partial charge in [0, 0.05) is 13.0 Å². The summed E-state index contributed by atoms with van der Waals surface area (Å²) in [4.78, 5) is 13.9. The number of methoxy groups -OCH3 is 1. The molecule has 1 unspecified atom stereocenters. The number of allylic oxidation sites excluding steroid dienone is 2. The number of hydrogen-bond donors (Lipinski definition) is 1. The molecule has 0 heterocycles. The van der Waals surface area contributed by atoms with Crippen LogP contribution in [0.15, 0.2) is 49.2 Å². The Balaban J connectivity index is 2.93. The van der Waals surface area contributed by atoms with Crippen LogP contribution >= 0.6 is 0 Å². The highest BCUT2D eigenvalue weighted by molar-refractivity contribution is 5.76. The normalized spacial score (nSPS) is 12.1. The SMILES string of the molecule is C=C/C=C\N(CC)C(Cc1ccc(O)cc1)C(=O)OC. The van der Waals surface area contributed by atoms with Crippen molar-refractivity contribution in [1.82, 2.24) is 4.90 Å². The van der Waals surface area contributed by atoms with Crippen LogP contribution in [0, 0.1) is 0 Å². The summed E-state index contributed by atoms with van der Waals surface area (Å²) in [6, 6.07) is 6.43. The van der Waals surface area contributed by atoms with Crippen LogP contribution in [0.2, 0.25) is 0 Å². The van der Waals surface area contributed by atoms with E-state index in [1.807, 2.05) is 18.0 Å². The van der Waals surface area contributed by atoms with Crippen molar-refractivity contribution in [2.24, 2.45) is 0 Å². The lowest BCUT2D eigenvalue weighted by Gasteiger charge is -2.27. The number of benzene rings is 1. The van der Waals surface area contributed by atoms with Crippen LogP contribution in [0.4, 0.5) is 0 Å². The molecule has 0 spiro atoms. The zero-order valence-electron chi connectivity index (χ0n) is 12.0. The van der Waals surface area contributed by atoms with E-state index in [0.29, 0.717) is 13.0 Å². The lowest BCUT2D eigenvalue weighted by atomic mass is 10.0. The smallest absolute Gasteiger partial charge is 0.328 e. The largest absolute Gasteiger partial charge is 0.508 e. The van der Waals surface area contributed by atoms with Crippen molar-refractivity contribution in [2.75, 3.05) is 13.7 Å². The lowest BCUT2D eigenvalue weighted by molar-refractivity contribution is -0.145. The number of carbonyl (C=O) groups excluding carboxylic acids is 1. The fourth-order valence-corrected chi connectivity index (χ4v) is 1.93. The van der Waals surface area contributed by atoms with Gasteiger partial charge in [-0.25, -0.2) is 4.79 Å². The number of likely N-dealkylation sites (N-methyl/N-ethyl adjacent to an activating group) is 1. The third-order valence-corrected chi connectivity index (χ3v) is 3.02. The van der Waals surface area contributed by atoms with Gasteiger partial charge >= 0.3 is 5.97 Å². The Morgan fingerprint density at radius 2 is 2.10 bits per heavy atom. The molecule has 4 nitrogen and oxygen atoms in total. The van der Waals surface area contributed by atoms with Gasteiger partial charge in [0.15, 0.2) is 0 Å². The Labute approximate surface area is 120 Å². The Bertz CT molecular complexity index is 465. The van der Waals surface area contributed by atoms with Crippen molar-refractivity contribution >= 4 is 5.97 Å². The van der Waals surface area contributed by atoms with Gasteiger partial charge < -0.3 is 14.7 Å². The predicted octanol–water partition coefficient (Wildman–Crippen LogP) is 2.50. The number of esters is 1. The molecule has 0 saturated carbocycles. The van der Waals surface area contributed by atoms with E-state index in [9.17, 15) is 9.90 Å². The maximum atomic E-state index is 12.0. The fraction of sp³-hybridized carbons (Fsp3) is 0.312. The van der Waals surface area contributed by atoms with Crippen molar-refractivity contribution in [3.05, 3.63) is 54.8 Å². The minimum Gasteiger partial charge on any atom is -0.508 e. The van der Waals surface area contributed by atoms with E-state index >= 15 is 0 Å². The molecule has 1 N–H and O–H groups in total. The van der Waals surface area contributed by atoms with Crippen molar-refractivity contribution in [1.29, 1.82) is 0 Å². The number of carbonyl (C=O) groups is 1. The Morgan fingerprint density at radius 3 is 2.60 bits per heavy atom. The zero-order valence-corrected chi connectivity index (χ0v) is 12.0. The van der Waals surface area contributed by atoms with E-state index in [1.165, 1.54) is 7.11 Å². The maximum Gasteiger partial charge on any atom is 0.328 e. The molecule has 1 aromatic rings. The van der Waals surface area contributed by atoms with E-state index < -0.39 is 6.04 Å². The quantitative estimate of drug-likeness (QED) is 0.613. The second kappa shape index (κ2) is 8.04. The first kappa shape index (κ1) is 15.8. The summed E-state index contributed by atoms with van der Waals surface area (Å²) < 4.78 is 4.88. The van der Waals surface area contributed by atoms with Crippen LogP contribution in [0.25, 0.3) is 0 Å². The van der Waals surface area contributed by atoms with Gasteiger partial charge in [0.05, 0.1) is 7.11 Å². The number of ether oxygens (including phenoxy) is 1. The van der Waals surface area contributed by atoms with Crippen molar-refractivity contribution in [3.8, 4) is 5.75 Å². The van der Waals surface area contributed by atoms with Gasteiger partial charge in [-0.05, 0) is 36.9 Å². The molecule has 4 heteroatoms. The first-order chi connectivity index (χ1) is 9.62. The molecule has 0 aliphatic carbocycles. The van der Waals surface area contributed by atoms with Crippen LogP contribution < -0.4 is 0 Å². The number of rotatable bonds is 7. The topological polar surface area (TPSA) is 49.8 Å². The van der Waals surface area contributed by atoms with Gasteiger partial charge in [-0.2, -0.15) is 0 Å². The highest BCUT2D eigenvalue weighted by Gasteiger charge is 2.24. The van der Waals surface area contributed by atoms with Crippen LogP contribution in [0.1, 0.15) is 12.5 Å². The highest BCUT2D eigenvalue weighted by Crippen LogP contribution is 2.15. The molecule has 108 valence electrons. The van der Waals surface area contributed by atoms with E-state index in [4.69, 9.17) is 4.74 Å². The first-order valence-electron chi connectivity index (χ1n) is 6.53. The summed E-state index contributed by atoms with van der Waals surface area (Å²) in [7, 11) is 1.39. The van der Waals surface area contributed by atoms with Crippen molar-refractivity contribution in [2.45, 2.75) is 19.4 Å². The summed E-state index contributed by atoms with van der Waals surface area (Å²) in [6.07, 6.45) is 5.80. The predicted molar refractivity (Wildman–Crippen MR) is 79.3 cm³/mol. The second-order valence-electron chi connectivity index (χ2n) is 4.32. The zero-order chi connectivity index (χ0) is 15.0. The van der Waals surface area contributed by atoms with Crippen LogP contribution in [0.3, 0.4) is 0 Å². The summed E-state index contributed by atoms with van der Waals surface area (Å²) in [5.41, 5.74) is 0.962. The first-order valence-corrected chi connectivity index (χ1v) is 6.53. The average Bonchev–Trinajstić information content (AvgIpc) is 2.47. The van der Waals surface area contributed by atoms with E-state index in [0.717, 1.165) is 5.56 Å². The molecule has 0 amide bonds. The molecule has 0 saturated heterocycles. The molecule has 0 aliphatic heterocycles. The van der Waals surface area contributed by atoms with Gasteiger partial charge in [-0.15, -0.1) is 0 Å². The summed E-state index contributed by atoms with van der Waals surface area (Å²) in [5, 5.41) is 9.29. The van der Waals surface area contributed by atoms with Gasteiger partial charge in [0.1, 0.15) is 11.8 Å². The Morgan fingerprint density at radius 1 is 1.45 bits per heavy atom. The number of phenols is 1. The third-order valence-electron chi connectivity index (χ3n) is 3.02.